The predicted molar refractivity (Wildman–Crippen MR) is 120 cm³/mol. The van der Waals surface area contributed by atoms with Gasteiger partial charge in [0.25, 0.3) is 5.69 Å². The van der Waals surface area contributed by atoms with Gasteiger partial charge in [0, 0.05) is 30.8 Å². The zero-order chi connectivity index (χ0) is 21.8. The third-order valence-electron chi connectivity index (χ3n) is 5.77. The highest BCUT2D eigenvalue weighted by atomic mass is 16.6. The third-order valence-corrected chi connectivity index (χ3v) is 5.77. The van der Waals surface area contributed by atoms with Crippen molar-refractivity contribution in [1.29, 1.82) is 0 Å². The molecule has 164 valence electrons. The molecule has 0 bridgehead atoms. The van der Waals surface area contributed by atoms with E-state index in [9.17, 15) is 10.1 Å². The molecule has 2 aliphatic rings. The lowest BCUT2D eigenvalue weighted by molar-refractivity contribution is -0.384. The van der Waals surface area contributed by atoms with Gasteiger partial charge in [-0.1, -0.05) is 19.8 Å². The SMILES string of the molecule is CCCC1CCN(c2cc(Oc3ccc(C4=NNC(C)O4)cc3)ccc2[N+](=O)[O-])CC1. The van der Waals surface area contributed by atoms with Crippen molar-refractivity contribution in [3.63, 3.8) is 0 Å². The fraction of sp³-hybridized carbons (Fsp3) is 0.435. The normalized spacial score (nSPS) is 18.8. The smallest absolute Gasteiger partial charge is 0.292 e. The predicted octanol–water partition coefficient (Wildman–Crippen LogP) is 5.03. The van der Waals surface area contributed by atoms with E-state index in [0.29, 0.717) is 29.0 Å². The molecule has 1 N–H and O–H groups in total. The lowest BCUT2D eigenvalue weighted by Gasteiger charge is -2.33. The van der Waals surface area contributed by atoms with Crippen molar-refractivity contribution in [3.8, 4) is 11.5 Å². The van der Waals surface area contributed by atoms with Gasteiger partial charge in [0.1, 0.15) is 17.2 Å². The fourth-order valence-corrected chi connectivity index (χ4v) is 4.15. The van der Waals surface area contributed by atoms with Gasteiger partial charge in [-0.05, 0) is 56.0 Å². The van der Waals surface area contributed by atoms with Crippen LogP contribution in [0.5, 0.6) is 11.5 Å². The molecule has 1 unspecified atom stereocenters. The molecule has 0 spiro atoms. The molecule has 0 saturated carbocycles. The topological polar surface area (TPSA) is 89.2 Å². The van der Waals surface area contributed by atoms with Crippen LogP contribution in [0.4, 0.5) is 11.4 Å². The zero-order valence-corrected chi connectivity index (χ0v) is 17.9. The van der Waals surface area contributed by atoms with Crippen LogP contribution >= 0.6 is 0 Å². The van der Waals surface area contributed by atoms with Crippen LogP contribution in [0.3, 0.4) is 0 Å². The maximum Gasteiger partial charge on any atom is 0.292 e. The Morgan fingerprint density at radius 3 is 2.52 bits per heavy atom. The number of nitrogens with zero attached hydrogens (tertiary/aromatic N) is 3. The Morgan fingerprint density at radius 1 is 1.19 bits per heavy atom. The largest absolute Gasteiger partial charge is 0.457 e. The Bertz CT molecular complexity index is 953. The summed E-state index contributed by atoms with van der Waals surface area (Å²) < 4.78 is 11.6. The van der Waals surface area contributed by atoms with Gasteiger partial charge in [0.15, 0.2) is 6.23 Å². The highest BCUT2D eigenvalue weighted by Gasteiger charge is 2.25. The average Bonchev–Trinajstić information content (AvgIpc) is 3.21. The molecule has 0 aromatic heterocycles. The van der Waals surface area contributed by atoms with E-state index in [0.717, 1.165) is 31.5 Å². The number of hydrogen-bond acceptors (Lipinski definition) is 7. The Morgan fingerprint density at radius 2 is 1.90 bits per heavy atom. The summed E-state index contributed by atoms with van der Waals surface area (Å²) in [4.78, 5) is 13.4. The molecule has 1 fully saturated rings. The number of rotatable bonds is 7. The lowest BCUT2D eigenvalue weighted by atomic mass is 9.92. The molecule has 1 saturated heterocycles. The maximum atomic E-state index is 11.6. The van der Waals surface area contributed by atoms with Crippen LogP contribution in [-0.4, -0.2) is 30.1 Å². The van der Waals surface area contributed by atoms with Crippen LogP contribution in [0.1, 0.15) is 45.1 Å². The molecule has 2 heterocycles. The standard InChI is InChI=1S/C23H28N4O4/c1-3-4-17-11-13-26(14-12-17)22-15-20(9-10-21(22)27(28)29)31-19-7-5-18(6-8-19)23-25-24-16(2)30-23/h5-10,15-17,24H,3-4,11-14H2,1-2H3. The molecule has 4 rings (SSSR count). The number of ether oxygens (including phenoxy) is 2. The third kappa shape index (κ3) is 4.90. The van der Waals surface area contributed by atoms with E-state index < -0.39 is 0 Å². The van der Waals surface area contributed by atoms with Crippen molar-refractivity contribution in [2.24, 2.45) is 11.0 Å². The van der Waals surface area contributed by atoms with Crippen molar-refractivity contribution in [2.75, 3.05) is 18.0 Å². The Kier molecular flexibility index (Phi) is 6.25. The lowest BCUT2D eigenvalue weighted by Crippen LogP contribution is -2.34. The Balaban J connectivity index is 1.49. The summed E-state index contributed by atoms with van der Waals surface area (Å²) in [5.74, 6) is 2.48. The quantitative estimate of drug-likeness (QED) is 0.495. The van der Waals surface area contributed by atoms with Gasteiger partial charge in [0.2, 0.25) is 5.90 Å². The van der Waals surface area contributed by atoms with Crippen molar-refractivity contribution in [2.45, 2.75) is 45.8 Å². The highest BCUT2D eigenvalue weighted by Crippen LogP contribution is 2.36. The van der Waals surface area contributed by atoms with Gasteiger partial charge >= 0.3 is 0 Å². The summed E-state index contributed by atoms with van der Waals surface area (Å²) in [6, 6.07) is 12.4. The number of nitrogens with one attached hydrogen (secondary N) is 1. The van der Waals surface area contributed by atoms with Gasteiger partial charge in [-0.3, -0.25) is 15.5 Å². The highest BCUT2D eigenvalue weighted by molar-refractivity contribution is 5.94. The first-order chi connectivity index (χ1) is 15.0. The van der Waals surface area contributed by atoms with E-state index in [4.69, 9.17) is 9.47 Å². The first-order valence-corrected chi connectivity index (χ1v) is 10.8. The number of anilines is 1. The van der Waals surface area contributed by atoms with Crippen molar-refractivity contribution in [3.05, 3.63) is 58.1 Å². The maximum absolute atomic E-state index is 11.6. The van der Waals surface area contributed by atoms with Crippen LogP contribution < -0.4 is 15.1 Å². The zero-order valence-electron chi connectivity index (χ0n) is 17.9. The molecule has 8 nitrogen and oxygen atoms in total. The Labute approximate surface area is 182 Å². The minimum absolute atomic E-state index is 0.120. The summed E-state index contributed by atoms with van der Waals surface area (Å²) in [5, 5.41) is 15.7. The fourth-order valence-electron chi connectivity index (χ4n) is 4.15. The van der Waals surface area contributed by atoms with Gasteiger partial charge in [-0.25, -0.2) is 0 Å². The second kappa shape index (κ2) is 9.24. The van der Waals surface area contributed by atoms with Crippen LogP contribution in [0, 0.1) is 16.0 Å². The van der Waals surface area contributed by atoms with E-state index >= 15 is 0 Å². The molecule has 0 aliphatic carbocycles. The minimum atomic E-state index is -0.316. The minimum Gasteiger partial charge on any atom is -0.457 e. The molecule has 0 radical (unpaired) electrons. The summed E-state index contributed by atoms with van der Waals surface area (Å²) in [6.45, 7) is 5.75. The first-order valence-electron chi connectivity index (χ1n) is 10.8. The molecule has 2 aromatic rings. The monoisotopic (exact) mass is 424 g/mol. The van der Waals surface area contributed by atoms with Gasteiger partial charge in [-0.15, -0.1) is 5.10 Å². The van der Waals surface area contributed by atoms with E-state index in [1.54, 1.807) is 12.1 Å². The molecule has 2 aromatic carbocycles. The van der Waals surface area contributed by atoms with Gasteiger partial charge in [0.05, 0.1) is 4.92 Å². The summed E-state index contributed by atoms with van der Waals surface area (Å²) in [7, 11) is 0. The molecule has 0 amide bonds. The number of piperidine rings is 1. The molecule has 1 atom stereocenters. The molecular formula is C23H28N4O4. The molecule has 31 heavy (non-hydrogen) atoms. The second-order valence-electron chi connectivity index (χ2n) is 8.06. The van der Waals surface area contributed by atoms with Crippen LogP contribution in [0.15, 0.2) is 47.6 Å². The van der Waals surface area contributed by atoms with Crippen molar-refractivity contribution in [1.82, 2.24) is 5.43 Å². The van der Waals surface area contributed by atoms with Gasteiger partial charge in [-0.2, -0.15) is 0 Å². The average molecular weight is 425 g/mol. The number of hydrazone groups is 1. The molecule has 8 heteroatoms. The van der Waals surface area contributed by atoms with E-state index in [2.05, 4.69) is 22.4 Å². The number of hydrogen-bond donors (Lipinski definition) is 1. The summed E-state index contributed by atoms with van der Waals surface area (Å²) >= 11 is 0. The van der Waals surface area contributed by atoms with E-state index in [-0.39, 0.29) is 16.8 Å². The number of benzene rings is 2. The van der Waals surface area contributed by atoms with Crippen molar-refractivity contribution >= 4 is 17.3 Å². The van der Waals surface area contributed by atoms with Crippen LogP contribution in [0.25, 0.3) is 0 Å². The van der Waals surface area contributed by atoms with Crippen molar-refractivity contribution < 1.29 is 14.4 Å². The summed E-state index contributed by atoms with van der Waals surface area (Å²) in [6.07, 6.45) is 4.40. The number of nitro benzene ring substituents is 1. The van der Waals surface area contributed by atoms with Crippen LogP contribution in [-0.2, 0) is 4.74 Å². The molecular weight excluding hydrogens is 396 g/mol. The van der Waals surface area contributed by atoms with Crippen LogP contribution in [0.2, 0.25) is 0 Å². The number of nitro groups is 1. The first kappa shape index (κ1) is 21.0. The van der Waals surface area contributed by atoms with E-state index in [1.807, 2.05) is 31.2 Å². The van der Waals surface area contributed by atoms with E-state index in [1.165, 1.54) is 18.9 Å². The second-order valence-corrected chi connectivity index (χ2v) is 8.06. The molecule has 2 aliphatic heterocycles. The Hall–Kier alpha value is -3.29. The van der Waals surface area contributed by atoms with Gasteiger partial charge < -0.3 is 14.4 Å². The summed E-state index contributed by atoms with van der Waals surface area (Å²) in [5.41, 5.74) is 4.46.